The lowest BCUT2D eigenvalue weighted by Crippen LogP contribution is -2.17. The van der Waals surface area contributed by atoms with Crippen molar-refractivity contribution in [1.82, 2.24) is 4.98 Å². The zero-order valence-electron chi connectivity index (χ0n) is 16.7. The molecule has 0 spiro atoms. The maximum atomic E-state index is 12.4. The van der Waals surface area contributed by atoms with E-state index in [-0.39, 0.29) is 17.9 Å². The molecular weight excluding hydrogens is 372 g/mol. The molecule has 3 aromatic rings. The molecule has 2 aromatic carbocycles. The number of hydrogen-bond acceptors (Lipinski definition) is 5. The van der Waals surface area contributed by atoms with Crippen LogP contribution in [-0.2, 0) is 11.2 Å². The predicted octanol–water partition coefficient (Wildman–Crippen LogP) is 3.52. The largest absolute Gasteiger partial charge is 0.493 e. The first kappa shape index (κ1) is 20.3. The van der Waals surface area contributed by atoms with E-state index < -0.39 is 0 Å². The van der Waals surface area contributed by atoms with E-state index in [1.807, 2.05) is 19.1 Å². The van der Waals surface area contributed by atoms with Crippen LogP contribution < -0.4 is 25.1 Å². The molecule has 1 amide bonds. The van der Waals surface area contributed by atoms with Crippen molar-refractivity contribution < 1.29 is 19.0 Å². The van der Waals surface area contributed by atoms with E-state index in [1.54, 1.807) is 44.6 Å². The van der Waals surface area contributed by atoms with Crippen molar-refractivity contribution in [2.24, 2.45) is 0 Å². The van der Waals surface area contributed by atoms with Crippen molar-refractivity contribution >= 4 is 22.5 Å². The number of pyridine rings is 1. The number of fused-ring (bicyclic) bond motifs is 1. The molecule has 2 N–H and O–H groups in total. The summed E-state index contributed by atoms with van der Waals surface area (Å²) in [6, 6.07) is 12.5. The minimum Gasteiger partial charge on any atom is -0.493 e. The molecule has 7 heteroatoms. The van der Waals surface area contributed by atoms with Gasteiger partial charge in [0.1, 0.15) is 5.75 Å². The summed E-state index contributed by atoms with van der Waals surface area (Å²) in [4.78, 5) is 27.6. The van der Waals surface area contributed by atoms with E-state index in [0.717, 1.165) is 5.39 Å². The molecule has 0 atom stereocenters. The summed E-state index contributed by atoms with van der Waals surface area (Å²) in [6.07, 6.45) is 0.477. The van der Waals surface area contributed by atoms with Gasteiger partial charge in [0.2, 0.25) is 5.91 Å². The molecule has 0 unspecified atom stereocenters. The van der Waals surface area contributed by atoms with Gasteiger partial charge >= 0.3 is 0 Å². The number of aromatic nitrogens is 1. The van der Waals surface area contributed by atoms with E-state index >= 15 is 0 Å². The molecule has 0 aliphatic heterocycles. The Labute approximate surface area is 168 Å². The smallest absolute Gasteiger partial charge is 0.251 e. The molecule has 1 aromatic heterocycles. The Bertz CT molecular complexity index is 1070. The van der Waals surface area contributed by atoms with Crippen LogP contribution in [0.15, 0.2) is 47.3 Å². The molecule has 7 nitrogen and oxygen atoms in total. The zero-order valence-corrected chi connectivity index (χ0v) is 16.7. The van der Waals surface area contributed by atoms with E-state index in [0.29, 0.717) is 47.0 Å². The molecule has 0 aliphatic carbocycles. The number of ether oxygens (including phenoxy) is 3. The molecule has 0 saturated heterocycles. The van der Waals surface area contributed by atoms with E-state index in [1.165, 1.54) is 0 Å². The average molecular weight is 396 g/mol. The highest BCUT2D eigenvalue weighted by atomic mass is 16.5. The zero-order chi connectivity index (χ0) is 20.8. The molecule has 0 radical (unpaired) electrons. The van der Waals surface area contributed by atoms with Crippen molar-refractivity contribution in [3.8, 4) is 17.2 Å². The lowest BCUT2D eigenvalue weighted by Gasteiger charge is -2.11. The number of hydrogen-bond donors (Lipinski definition) is 2. The number of aromatic amines is 1. The molecule has 0 aliphatic rings. The fourth-order valence-corrected chi connectivity index (χ4v) is 3.08. The maximum absolute atomic E-state index is 12.4. The minimum absolute atomic E-state index is 0.169. The Balaban J connectivity index is 1.75. The Morgan fingerprint density at radius 3 is 2.48 bits per heavy atom. The lowest BCUT2D eigenvalue weighted by molar-refractivity contribution is -0.116. The van der Waals surface area contributed by atoms with Gasteiger partial charge in [-0.15, -0.1) is 0 Å². The first-order valence-corrected chi connectivity index (χ1v) is 9.35. The molecule has 0 fully saturated rings. The van der Waals surface area contributed by atoms with Crippen LogP contribution in [0.25, 0.3) is 10.9 Å². The van der Waals surface area contributed by atoms with Crippen molar-refractivity contribution in [1.29, 1.82) is 0 Å². The highest BCUT2D eigenvalue weighted by Gasteiger charge is 2.12. The number of H-pyrrole nitrogens is 1. The van der Waals surface area contributed by atoms with Crippen LogP contribution in [0, 0.1) is 0 Å². The van der Waals surface area contributed by atoms with Crippen LogP contribution in [0.1, 0.15) is 18.9 Å². The van der Waals surface area contributed by atoms with Crippen molar-refractivity contribution in [2.75, 3.05) is 26.1 Å². The fraction of sp³-hybridized carbons (Fsp3) is 0.273. The van der Waals surface area contributed by atoms with E-state index in [9.17, 15) is 9.59 Å². The SMILES string of the molecule is CCOc1ccccc1NC(=O)CCc1cc2cc(OC)c(OC)cc2[nH]c1=O. The normalized spacial score (nSPS) is 10.6. The third-order valence-corrected chi connectivity index (χ3v) is 4.51. The number of carbonyl (C=O) groups is 1. The van der Waals surface area contributed by atoms with Crippen LogP contribution in [0.3, 0.4) is 0 Å². The number of para-hydroxylation sites is 2. The number of aryl methyl sites for hydroxylation is 1. The second-order valence-corrected chi connectivity index (χ2v) is 6.40. The highest BCUT2D eigenvalue weighted by Crippen LogP contribution is 2.31. The van der Waals surface area contributed by atoms with Crippen LogP contribution in [0.5, 0.6) is 17.2 Å². The molecule has 0 saturated carbocycles. The van der Waals surface area contributed by atoms with Gasteiger partial charge in [0, 0.05) is 23.4 Å². The fourth-order valence-electron chi connectivity index (χ4n) is 3.08. The number of anilines is 1. The van der Waals surface area contributed by atoms with E-state index in [4.69, 9.17) is 14.2 Å². The quantitative estimate of drug-likeness (QED) is 0.608. The van der Waals surface area contributed by atoms with E-state index in [2.05, 4.69) is 10.3 Å². The second kappa shape index (κ2) is 9.14. The Hall–Kier alpha value is -3.48. The first-order valence-electron chi connectivity index (χ1n) is 9.35. The number of nitrogens with one attached hydrogen (secondary N) is 2. The van der Waals surface area contributed by atoms with Gasteiger partial charge in [-0.1, -0.05) is 12.1 Å². The van der Waals surface area contributed by atoms with Gasteiger partial charge < -0.3 is 24.5 Å². The van der Waals surface area contributed by atoms with Gasteiger partial charge in [-0.2, -0.15) is 0 Å². The van der Waals surface area contributed by atoms with Crippen LogP contribution in [0.4, 0.5) is 5.69 Å². The van der Waals surface area contributed by atoms with Gasteiger partial charge in [0.15, 0.2) is 11.5 Å². The third-order valence-electron chi connectivity index (χ3n) is 4.51. The standard InChI is InChI=1S/C22H24N2O5/c1-4-29-18-8-6-5-7-16(18)23-21(25)10-9-14-11-15-12-19(27-2)20(28-3)13-17(15)24-22(14)26/h5-8,11-13H,4,9-10H2,1-3H3,(H,23,25)(H,24,26). The summed E-state index contributed by atoms with van der Waals surface area (Å²) in [5.41, 5.74) is 1.56. The van der Waals surface area contributed by atoms with Gasteiger partial charge in [0.25, 0.3) is 5.56 Å². The molecule has 0 bridgehead atoms. The summed E-state index contributed by atoms with van der Waals surface area (Å²) >= 11 is 0. The summed E-state index contributed by atoms with van der Waals surface area (Å²) in [5.74, 6) is 1.54. The molecule has 29 heavy (non-hydrogen) atoms. The summed E-state index contributed by atoms with van der Waals surface area (Å²) in [6.45, 7) is 2.39. The van der Waals surface area contributed by atoms with Gasteiger partial charge in [-0.3, -0.25) is 9.59 Å². The molecular formula is C22H24N2O5. The van der Waals surface area contributed by atoms with Crippen molar-refractivity contribution in [2.45, 2.75) is 19.8 Å². The number of rotatable bonds is 8. The topological polar surface area (TPSA) is 89.7 Å². The average Bonchev–Trinajstić information content (AvgIpc) is 2.73. The molecule has 152 valence electrons. The third kappa shape index (κ3) is 4.68. The highest BCUT2D eigenvalue weighted by molar-refractivity contribution is 5.92. The molecule has 3 rings (SSSR count). The molecule has 1 heterocycles. The van der Waals surface area contributed by atoms with Gasteiger partial charge in [0.05, 0.1) is 32.0 Å². The first-order chi connectivity index (χ1) is 14.0. The van der Waals surface area contributed by atoms with Gasteiger partial charge in [-0.05, 0) is 37.6 Å². The number of methoxy groups -OCH3 is 2. The predicted molar refractivity (Wildman–Crippen MR) is 112 cm³/mol. The minimum atomic E-state index is -0.229. The van der Waals surface area contributed by atoms with Crippen LogP contribution in [0.2, 0.25) is 0 Å². The number of amides is 1. The monoisotopic (exact) mass is 396 g/mol. The summed E-state index contributed by atoms with van der Waals surface area (Å²) in [7, 11) is 3.10. The Morgan fingerprint density at radius 1 is 1.03 bits per heavy atom. The second-order valence-electron chi connectivity index (χ2n) is 6.40. The summed E-state index contributed by atoms with van der Waals surface area (Å²) < 4.78 is 16.1. The summed E-state index contributed by atoms with van der Waals surface area (Å²) in [5, 5.41) is 3.65. The van der Waals surface area contributed by atoms with Gasteiger partial charge in [-0.25, -0.2) is 0 Å². The lowest BCUT2D eigenvalue weighted by atomic mass is 10.1. The maximum Gasteiger partial charge on any atom is 0.251 e. The number of carbonyl (C=O) groups excluding carboxylic acids is 1. The van der Waals surface area contributed by atoms with Crippen LogP contribution in [-0.4, -0.2) is 31.7 Å². The number of benzene rings is 2. The van der Waals surface area contributed by atoms with Crippen molar-refractivity contribution in [3.05, 3.63) is 58.4 Å². The van der Waals surface area contributed by atoms with Crippen LogP contribution >= 0.6 is 0 Å². The van der Waals surface area contributed by atoms with Crippen molar-refractivity contribution in [3.63, 3.8) is 0 Å². The Kier molecular flexibility index (Phi) is 6.39. The Morgan fingerprint density at radius 2 is 1.76 bits per heavy atom.